The highest BCUT2D eigenvalue weighted by molar-refractivity contribution is 5.42. The van der Waals surface area contributed by atoms with Gasteiger partial charge in [0.25, 0.3) is 5.56 Å². The Balaban J connectivity index is 2.31. The van der Waals surface area contributed by atoms with Gasteiger partial charge < -0.3 is 5.32 Å². The van der Waals surface area contributed by atoms with Gasteiger partial charge in [-0.25, -0.2) is 4.79 Å². The van der Waals surface area contributed by atoms with Crippen LogP contribution in [0.3, 0.4) is 0 Å². The second-order valence-electron chi connectivity index (χ2n) is 3.93. The van der Waals surface area contributed by atoms with E-state index in [2.05, 4.69) is 10.3 Å². The molecule has 0 radical (unpaired) electrons. The van der Waals surface area contributed by atoms with E-state index >= 15 is 0 Å². The van der Waals surface area contributed by atoms with Crippen molar-refractivity contribution in [1.29, 1.82) is 0 Å². The molecule has 0 saturated carbocycles. The summed E-state index contributed by atoms with van der Waals surface area (Å²) in [6, 6.07) is 3.56. The van der Waals surface area contributed by atoms with Crippen molar-refractivity contribution >= 4 is 5.69 Å². The molecule has 19 heavy (non-hydrogen) atoms. The molecule has 2 heterocycles. The van der Waals surface area contributed by atoms with Crippen molar-refractivity contribution in [2.45, 2.75) is 13.5 Å². The highest BCUT2D eigenvalue weighted by atomic mass is 19.1. The lowest BCUT2D eigenvalue weighted by Gasteiger charge is -2.07. The summed E-state index contributed by atoms with van der Waals surface area (Å²) >= 11 is 0. The zero-order valence-corrected chi connectivity index (χ0v) is 10.3. The fourth-order valence-electron chi connectivity index (χ4n) is 1.65. The van der Waals surface area contributed by atoms with E-state index < -0.39 is 17.1 Å². The topological polar surface area (TPSA) is 79.8 Å². The Bertz CT molecular complexity index is 693. The lowest BCUT2D eigenvalue weighted by molar-refractivity contribution is 0.564. The van der Waals surface area contributed by atoms with Gasteiger partial charge in [-0.15, -0.1) is 0 Å². The zero-order chi connectivity index (χ0) is 13.8. The van der Waals surface area contributed by atoms with E-state index in [1.807, 2.05) is 11.9 Å². The molecule has 2 aromatic heterocycles. The first-order valence-electron chi connectivity index (χ1n) is 5.78. The number of anilines is 1. The van der Waals surface area contributed by atoms with E-state index in [1.54, 1.807) is 18.3 Å². The molecule has 0 spiro atoms. The summed E-state index contributed by atoms with van der Waals surface area (Å²) in [5.74, 6) is -0.998. The molecule has 2 rings (SSSR count). The van der Waals surface area contributed by atoms with Crippen LogP contribution in [0.25, 0.3) is 0 Å². The van der Waals surface area contributed by atoms with Crippen LogP contribution in [0, 0.1) is 5.82 Å². The summed E-state index contributed by atoms with van der Waals surface area (Å²) in [5, 5.41) is 3.11. The fraction of sp³-hybridized carbons (Fsp3) is 0.250. The van der Waals surface area contributed by atoms with E-state index in [1.165, 1.54) is 0 Å². The molecular formula is C12H13FN4O2. The summed E-state index contributed by atoms with van der Waals surface area (Å²) in [7, 11) is 0. The Morgan fingerprint density at radius 2 is 2.26 bits per heavy atom. The first kappa shape index (κ1) is 13.0. The lowest BCUT2D eigenvalue weighted by atomic mass is 10.3. The van der Waals surface area contributed by atoms with Crippen molar-refractivity contribution in [1.82, 2.24) is 14.5 Å². The largest absolute Gasteiger partial charge is 0.385 e. The van der Waals surface area contributed by atoms with E-state index in [-0.39, 0.29) is 6.54 Å². The first-order chi connectivity index (χ1) is 9.10. The monoisotopic (exact) mass is 264 g/mol. The van der Waals surface area contributed by atoms with Crippen LogP contribution >= 0.6 is 0 Å². The van der Waals surface area contributed by atoms with Gasteiger partial charge in [-0.2, -0.15) is 4.39 Å². The van der Waals surface area contributed by atoms with Gasteiger partial charge in [0.1, 0.15) is 0 Å². The van der Waals surface area contributed by atoms with Gasteiger partial charge in [-0.1, -0.05) is 0 Å². The predicted molar refractivity (Wildman–Crippen MR) is 68.8 cm³/mol. The summed E-state index contributed by atoms with van der Waals surface area (Å²) in [6.07, 6.45) is 2.48. The second kappa shape index (κ2) is 5.47. The number of pyridine rings is 1. The third-order valence-corrected chi connectivity index (χ3v) is 2.50. The predicted octanol–water partition coefficient (Wildman–Crippen LogP) is 0.551. The van der Waals surface area contributed by atoms with Gasteiger partial charge in [0.05, 0.1) is 18.4 Å². The molecule has 2 aromatic rings. The van der Waals surface area contributed by atoms with Gasteiger partial charge >= 0.3 is 5.69 Å². The molecule has 0 atom stereocenters. The Morgan fingerprint density at radius 3 is 3.00 bits per heavy atom. The molecule has 0 aliphatic carbocycles. The summed E-state index contributed by atoms with van der Waals surface area (Å²) in [4.78, 5) is 28.4. The third-order valence-electron chi connectivity index (χ3n) is 2.50. The average molecular weight is 264 g/mol. The molecule has 0 bridgehead atoms. The van der Waals surface area contributed by atoms with Crippen LogP contribution in [0.5, 0.6) is 0 Å². The standard InChI is InChI=1S/C12H13FN4O2/c1-2-14-8-3-4-15-9(5-8)6-17-7-10(13)11(18)16-12(17)19/h3-5,7H,2,6H2,1H3,(H,14,15)(H,16,18,19). The van der Waals surface area contributed by atoms with E-state index in [9.17, 15) is 14.0 Å². The molecule has 0 aromatic carbocycles. The van der Waals surface area contributed by atoms with E-state index in [0.29, 0.717) is 5.69 Å². The van der Waals surface area contributed by atoms with Crippen LogP contribution in [0.4, 0.5) is 10.1 Å². The number of hydrogen-bond donors (Lipinski definition) is 2. The first-order valence-corrected chi connectivity index (χ1v) is 5.78. The second-order valence-corrected chi connectivity index (χ2v) is 3.93. The SMILES string of the molecule is CCNc1ccnc(Cn2cc(F)c(=O)[nH]c2=O)c1. The maximum atomic E-state index is 13.1. The van der Waals surface area contributed by atoms with Crippen molar-refractivity contribution < 1.29 is 4.39 Å². The molecule has 0 aliphatic heterocycles. The van der Waals surface area contributed by atoms with E-state index in [0.717, 1.165) is 23.0 Å². The minimum Gasteiger partial charge on any atom is -0.385 e. The van der Waals surface area contributed by atoms with Crippen LogP contribution in [0.15, 0.2) is 34.1 Å². The summed E-state index contributed by atoms with van der Waals surface area (Å²) in [5.41, 5.74) is -0.227. The van der Waals surface area contributed by atoms with Crippen LogP contribution in [-0.2, 0) is 6.54 Å². The Morgan fingerprint density at radius 1 is 1.47 bits per heavy atom. The molecule has 6 nitrogen and oxygen atoms in total. The highest BCUT2D eigenvalue weighted by Crippen LogP contribution is 2.08. The van der Waals surface area contributed by atoms with Crippen LogP contribution in [0.1, 0.15) is 12.6 Å². The highest BCUT2D eigenvalue weighted by Gasteiger charge is 2.05. The normalized spacial score (nSPS) is 10.4. The zero-order valence-electron chi connectivity index (χ0n) is 10.3. The number of H-pyrrole nitrogens is 1. The van der Waals surface area contributed by atoms with Crippen molar-refractivity contribution in [3.8, 4) is 0 Å². The molecule has 0 amide bonds. The van der Waals surface area contributed by atoms with Crippen molar-refractivity contribution in [2.24, 2.45) is 0 Å². The number of aromatic amines is 1. The quantitative estimate of drug-likeness (QED) is 0.845. The number of hydrogen-bond acceptors (Lipinski definition) is 4. The molecule has 0 saturated heterocycles. The van der Waals surface area contributed by atoms with E-state index in [4.69, 9.17) is 0 Å². The average Bonchev–Trinajstić information content (AvgIpc) is 2.37. The van der Waals surface area contributed by atoms with Gasteiger partial charge in [0, 0.05) is 18.4 Å². The number of aromatic nitrogens is 3. The Labute approximate surface area is 107 Å². The molecular weight excluding hydrogens is 251 g/mol. The Kier molecular flexibility index (Phi) is 3.74. The number of halogens is 1. The molecule has 100 valence electrons. The number of nitrogens with zero attached hydrogens (tertiary/aromatic N) is 2. The maximum Gasteiger partial charge on any atom is 0.328 e. The molecule has 7 heteroatoms. The number of nitrogens with one attached hydrogen (secondary N) is 2. The van der Waals surface area contributed by atoms with Gasteiger partial charge in [0.15, 0.2) is 0 Å². The minimum absolute atomic E-state index is 0.0891. The van der Waals surface area contributed by atoms with Crippen LogP contribution < -0.4 is 16.6 Å². The molecule has 0 fully saturated rings. The summed E-state index contributed by atoms with van der Waals surface area (Å²) < 4.78 is 14.2. The molecule has 0 aliphatic rings. The number of rotatable bonds is 4. The van der Waals surface area contributed by atoms with Crippen LogP contribution in [0.2, 0.25) is 0 Å². The molecule has 0 unspecified atom stereocenters. The molecule has 2 N–H and O–H groups in total. The van der Waals surface area contributed by atoms with Gasteiger partial charge in [-0.3, -0.25) is 19.3 Å². The maximum absolute atomic E-state index is 13.1. The van der Waals surface area contributed by atoms with Crippen LogP contribution in [-0.4, -0.2) is 21.1 Å². The van der Waals surface area contributed by atoms with Gasteiger partial charge in [-0.05, 0) is 19.1 Å². The summed E-state index contributed by atoms with van der Waals surface area (Å²) in [6.45, 7) is 2.81. The van der Waals surface area contributed by atoms with Crippen molar-refractivity contribution in [3.05, 3.63) is 56.9 Å². The van der Waals surface area contributed by atoms with Crippen molar-refractivity contribution in [3.63, 3.8) is 0 Å². The van der Waals surface area contributed by atoms with Crippen molar-refractivity contribution in [2.75, 3.05) is 11.9 Å². The smallest absolute Gasteiger partial charge is 0.328 e. The minimum atomic E-state index is -1.02. The lowest BCUT2D eigenvalue weighted by Crippen LogP contribution is -2.31. The van der Waals surface area contributed by atoms with Gasteiger partial charge in [0.2, 0.25) is 5.82 Å². The third kappa shape index (κ3) is 3.06. The Hall–Kier alpha value is -2.44. The fourth-order valence-corrected chi connectivity index (χ4v) is 1.65.